The van der Waals surface area contributed by atoms with Gasteiger partial charge in [0, 0.05) is 36.0 Å². The van der Waals surface area contributed by atoms with Crippen molar-refractivity contribution in [2.24, 2.45) is 5.92 Å². The first-order valence-corrected chi connectivity index (χ1v) is 10.1. The summed E-state index contributed by atoms with van der Waals surface area (Å²) in [7, 11) is 0. The number of nitrogens with one attached hydrogen (secondary N) is 1. The van der Waals surface area contributed by atoms with Crippen LogP contribution in [0.25, 0.3) is 5.69 Å². The molecule has 27 heavy (non-hydrogen) atoms. The highest BCUT2D eigenvalue weighted by Crippen LogP contribution is 2.20. The number of aromatic nitrogens is 3. The number of benzene rings is 1. The molecule has 3 heterocycles. The van der Waals surface area contributed by atoms with Crippen LogP contribution < -0.4 is 5.32 Å². The highest BCUT2D eigenvalue weighted by Gasteiger charge is 2.21. The molecule has 1 atom stereocenters. The maximum Gasteiger partial charge on any atom is 0.127 e. The summed E-state index contributed by atoms with van der Waals surface area (Å²) in [6.07, 6.45) is 5.21. The van der Waals surface area contributed by atoms with Crippen molar-refractivity contribution >= 4 is 23.7 Å². The number of thiazole rings is 1. The van der Waals surface area contributed by atoms with E-state index in [0.717, 1.165) is 49.9 Å². The minimum Gasteiger partial charge on any atom is -0.316 e. The Balaban J connectivity index is 0.00000210. The molecular weight excluding hydrogens is 378 g/mol. The molecule has 7 heteroatoms. The number of nitrogens with zero attached hydrogens (tertiary/aromatic N) is 4. The number of hydrogen-bond donors (Lipinski definition) is 1. The third-order valence-corrected chi connectivity index (χ3v) is 5.93. The van der Waals surface area contributed by atoms with Crippen molar-refractivity contribution in [1.82, 2.24) is 24.8 Å². The van der Waals surface area contributed by atoms with Crippen molar-refractivity contribution in [3.8, 4) is 5.69 Å². The Morgan fingerprint density at radius 3 is 2.78 bits per heavy atom. The van der Waals surface area contributed by atoms with Crippen LogP contribution in [0.2, 0.25) is 0 Å². The first-order chi connectivity index (χ1) is 12.8. The Labute approximate surface area is 170 Å². The summed E-state index contributed by atoms with van der Waals surface area (Å²) in [4.78, 5) is 13.0. The van der Waals surface area contributed by atoms with Gasteiger partial charge in [-0.15, -0.1) is 23.7 Å². The molecule has 0 radical (unpaired) electrons. The van der Waals surface area contributed by atoms with E-state index >= 15 is 0 Å². The second-order valence-electron chi connectivity index (χ2n) is 6.94. The minimum atomic E-state index is 0. The zero-order valence-electron chi connectivity index (χ0n) is 15.5. The van der Waals surface area contributed by atoms with Crippen molar-refractivity contribution in [3.05, 3.63) is 64.6 Å². The lowest BCUT2D eigenvalue weighted by Crippen LogP contribution is -2.31. The third kappa shape index (κ3) is 4.96. The van der Waals surface area contributed by atoms with Gasteiger partial charge in [0.15, 0.2) is 0 Å². The Kier molecular flexibility index (Phi) is 7.01. The molecule has 1 unspecified atom stereocenters. The molecule has 2 aromatic heterocycles. The Morgan fingerprint density at radius 1 is 1.22 bits per heavy atom. The quantitative estimate of drug-likeness (QED) is 0.653. The maximum atomic E-state index is 4.65. The predicted octanol–water partition coefficient (Wildman–Crippen LogP) is 3.67. The molecular formula is C20H26ClN5S. The maximum absolute atomic E-state index is 4.65. The molecule has 0 amide bonds. The standard InChI is InChI=1S/C20H25N5S.ClH/c1-16-19(26-15-23-16)13-24(12-17-7-8-21-11-17)14-20-22-9-10-25(20)18-5-3-2-4-6-18;/h2-6,9-10,15,17,21H,7-8,11-14H2,1H3;1H. The average Bonchev–Trinajstić information content (AvgIpc) is 3.40. The number of aryl methyl sites for hydroxylation is 1. The molecule has 3 aromatic rings. The van der Waals surface area contributed by atoms with Crippen LogP contribution in [0.4, 0.5) is 0 Å². The molecule has 0 bridgehead atoms. The monoisotopic (exact) mass is 403 g/mol. The highest BCUT2D eigenvalue weighted by atomic mass is 35.5. The minimum absolute atomic E-state index is 0. The van der Waals surface area contributed by atoms with E-state index in [-0.39, 0.29) is 12.4 Å². The van der Waals surface area contributed by atoms with E-state index in [0.29, 0.717) is 5.92 Å². The van der Waals surface area contributed by atoms with Crippen LogP contribution in [0.3, 0.4) is 0 Å². The van der Waals surface area contributed by atoms with Crippen LogP contribution in [0.1, 0.15) is 22.8 Å². The molecule has 1 aromatic carbocycles. The van der Waals surface area contributed by atoms with Gasteiger partial charge in [-0.1, -0.05) is 18.2 Å². The molecule has 0 spiro atoms. The van der Waals surface area contributed by atoms with E-state index in [1.54, 1.807) is 11.3 Å². The molecule has 1 fully saturated rings. The largest absolute Gasteiger partial charge is 0.316 e. The highest BCUT2D eigenvalue weighted by molar-refractivity contribution is 7.09. The van der Waals surface area contributed by atoms with E-state index in [1.807, 2.05) is 17.8 Å². The number of hydrogen-bond acceptors (Lipinski definition) is 5. The second kappa shape index (κ2) is 9.46. The fourth-order valence-corrected chi connectivity index (χ4v) is 4.39. The van der Waals surface area contributed by atoms with E-state index in [4.69, 9.17) is 0 Å². The molecule has 1 saturated heterocycles. The van der Waals surface area contributed by atoms with Gasteiger partial charge in [-0.25, -0.2) is 9.97 Å². The van der Waals surface area contributed by atoms with Gasteiger partial charge in [-0.3, -0.25) is 4.90 Å². The molecule has 1 N–H and O–H groups in total. The second-order valence-corrected chi connectivity index (χ2v) is 7.88. The number of rotatable bonds is 7. The van der Waals surface area contributed by atoms with Gasteiger partial charge in [-0.05, 0) is 44.5 Å². The van der Waals surface area contributed by atoms with Crippen LogP contribution in [0.5, 0.6) is 0 Å². The van der Waals surface area contributed by atoms with Crippen LogP contribution in [-0.4, -0.2) is 39.1 Å². The van der Waals surface area contributed by atoms with Crippen molar-refractivity contribution in [2.75, 3.05) is 19.6 Å². The summed E-state index contributed by atoms with van der Waals surface area (Å²) < 4.78 is 2.19. The van der Waals surface area contributed by atoms with Crippen molar-refractivity contribution in [2.45, 2.75) is 26.4 Å². The molecule has 0 saturated carbocycles. The van der Waals surface area contributed by atoms with E-state index in [9.17, 15) is 0 Å². The van der Waals surface area contributed by atoms with Crippen LogP contribution in [0, 0.1) is 12.8 Å². The van der Waals surface area contributed by atoms with E-state index < -0.39 is 0 Å². The van der Waals surface area contributed by atoms with Gasteiger partial charge in [-0.2, -0.15) is 0 Å². The smallest absolute Gasteiger partial charge is 0.127 e. The van der Waals surface area contributed by atoms with Crippen molar-refractivity contribution in [1.29, 1.82) is 0 Å². The molecule has 0 aliphatic carbocycles. The summed E-state index contributed by atoms with van der Waals surface area (Å²) in [5.41, 5.74) is 4.26. The Morgan fingerprint density at radius 2 is 2.07 bits per heavy atom. The first-order valence-electron chi connectivity index (χ1n) is 9.19. The predicted molar refractivity (Wildman–Crippen MR) is 113 cm³/mol. The van der Waals surface area contributed by atoms with Crippen molar-refractivity contribution in [3.63, 3.8) is 0 Å². The molecule has 1 aliphatic heterocycles. The average molecular weight is 404 g/mol. The zero-order valence-corrected chi connectivity index (χ0v) is 17.2. The molecule has 5 nitrogen and oxygen atoms in total. The first kappa shape index (κ1) is 20.0. The van der Waals surface area contributed by atoms with Crippen LogP contribution in [-0.2, 0) is 13.1 Å². The lowest BCUT2D eigenvalue weighted by molar-refractivity contribution is 0.216. The SMILES string of the molecule is Cc1ncsc1CN(Cc1nccn1-c1ccccc1)CC1CCNC1.Cl. The summed E-state index contributed by atoms with van der Waals surface area (Å²) in [6.45, 7) is 7.23. The van der Waals surface area contributed by atoms with Gasteiger partial charge in [0.1, 0.15) is 5.82 Å². The fraction of sp³-hybridized carbons (Fsp3) is 0.400. The van der Waals surface area contributed by atoms with Crippen LogP contribution >= 0.6 is 23.7 Å². The number of halogens is 1. The summed E-state index contributed by atoms with van der Waals surface area (Å²) in [5.74, 6) is 1.80. The number of imidazole rings is 1. The lowest BCUT2D eigenvalue weighted by atomic mass is 10.1. The Hall–Kier alpha value is -1.73. The normalized spacial score (nSPS) is 16.6. The molecule has 4 rings (SSSR count). The lowest BCUT2D eigenvalue weighted by Gasteiger charge is -2.25. The fourth-order valence-electron chi connectivity index (χ4n) is 3.58. The van der Waals surface area contributed by atoms with E-state index in [2.05, 4.69) is 62.1 Å². The molecule has 1 aliphatic rings. The zero-order chi connectivity index (χ0) is 17.8. The number of para-hydroxylation sites is 1. The summed E-state index contributed by atoms with van der Waals surface area (Å²) in [6, 6.07) is 10.4. The van der Waals surface area contributed by atoms with Crippen LogP contribution in [0.15, 0.2) is 48.2 Å². The van der Waals surface area contributed by atoms with Gasteiger partial charge >= 0.3 is 0 Å². The van der Waals surface area contributed by atoms with E-state index in [1.165, 1.54) is 11.3 Å². The summed E-state index contributed by atoms with van der Waals surface area (Å²) in [5, 5.41) is 3.49. The van der Waals surface area contributed by atoms with Gasteiger partial charge in [0.2, 0.25) is 0 Å². The van der Waals surface area contributed by atoms with Gasteiger partial charge < -0.3 is 9.88 Å². The molecule has 144 valence electrons. The van der Waals surface area contributed by atoms with Gasteiger partial charge in [0.05, 0.1) is 17.7 Å². The topological polar surface area (TPSA) is 46.0 Å². The van der Waals surface area contributed by atoms with Gasteiger partial charge in [0.25, 0.3) is 0 Å². The summed E-state index contributed by atoms with van der Waals surface area (Å²) >= 11 is 1.75. The van der Waals surface area contributed by atoms with Crippen molar-refractivity contribution < 1.29 is 0 Å². The Bertz CT molecular complexity index is 826. The third-order valence-electron chi connectivity index (χ3n) is 5.01.